The Labute approximate surface area is 78.5 Å². The SMILES string of the molecule is CCc1ccc(C)c(OC(C)=O)c1. The van der Waals surface area contributed by atoms with E-state index in [1.54, 1.807) is 0 Å². The third-order valence-corrected chi connectivity index (χ3v) is 1.91. The number of ether oxygens (including phenoxy) is 1. The van der Waals surface area contributed by atoms with Gasteiger partial charge in [0.2, 0.25) is 0 Å². The van der Waals surface area contributed by atoms with Gasteiger partial charge in [-0.2, -0.15) is 0 Å². The molecule has 2 heteroatoms. The second kappa shape index (κ2) is 4.08. The van der Waals surface area contributed by atoms with Crippen molar-refractivity contribution in [1.29, 1.82) is 0 Å². The minimum Gasteiger partial charge on any atom is -0.426 e. The maximum absolute atomic E-state index is 10.7. The van der Waals surface area contributed by atoms with Crippen LogP contribution in [0.2, 0.25) is 0 Å². The zero-order valence-electron chi connectivity index (χ0n) is 8.26. The van der Waals surface area contributed by atoms with Crippen molar-refractivity contribution in [3.05, 3.63) is 29.3 Å². The van der Waals surface area contributed by atoms with Crippen LogP contribution in [0, 0.1) is 6.92 Å². The van der Waals surface area contributed by atoms with Crippen molar-refractivity contribution < 1.29 is 9.53 Å². The van der Waals surface area contributed by atoms with Gasteiger partial charge < -0.3 is 4.74 Å². The summed E-state index contributed by atoms with van der Waals surface area (Å²) in [5.74, 6) is 0.406. The van der Waals surface area contributed by atoms with Crippen LogP contribution in [0.25, 0.3) is 0 Å². The molecule has 1 aromatic carbocycles. The van der Waals surface area contributed by atoms with Crippen LogP contribution in [-0.4, -0.2) is 5.97 Å². The minimum atomic E-state index is -0.267. The molecule has 0 aliphatic heterocycles. The normalized spacial score (nSPS) is 9.77. The van der Waals surface area contributed by atoms with E-state index < -0.39 is 0 Å². The molecule has 0 aliphatic rings. The quantitative estimate of drug-likeness (QED) is 0.513. The Morgan fingerprint density at radius 1 is 1.46 bits per heavy atom. The topological polar surface area (TPSA) is 26.3 Å². The van der Waals surface area contributed by atoms with Crippen molar-refractivity contribution in [2.24, 2.45) is 0 Å². The Kier molecular flexibility index (Phi) is 3.07. The molecule has 1 aromatic rings. The average Bonchev–Trinajstić information content (AvgIpc) is 2.08. The fraction of sp³-hybridized carbons (Fsp3) is 0.364. The predicted molar refractivity (Wildman–Crippen MR) is 51.9 cm³/mol. The van der Waals surface area contributed by atoms with E-state index in [2.05, 4.69) is 6.92 Å². The van der Waals surface area contributed by atoms with Crippen molar-refractivity contribution in [1.82, 2.24) is 0 Å². The molecule has 1 rings (SSSR count). The second-order valence-electron chi connectivity index (χ2n) is 3.05. The molecule has 0 saturated carbocycles. The summed E-state index contributed by atoms with van der Waals surface area (Å²) < 4.78 is 5.05. The van der Waals surface area contributed by atoms with Crippen LogP contribution in [0.4, 0.5) is 0 Å². The van der Waals surface area contributed by atoms with E-state index in [0.717, 1.165) is 12.0 Å². The highest BCUT2D eigenvalue weighted by atomic mass is 16.5. The molecule has 0 unspecified atom stereocenters. The van der Waals surface area contributed by atoms with Crippen molar-refractivity contribution >= 4 is 5.97 Å². The molecular formula is C11H14O2. The van der Waals surface area contributed by atoms with Gasteiger partial charge in [0, 0.05) is 6.92 Å². The minimum absolute atomic E-state index is 0.267. The smallest absolute Gasteiger partial charge is 0.308 e. The van der Waals surface area contributed by atoms with Gasteiger partial charge >= 0.3 is 5.97 Å². The Morgan fingerprint density at radius 2 is 2.15 bits per heavy atom. The monoisotopic (exact) mass is 178 g/mol. The van der Waals surface area contributed by atoms with Crippen molar-refractivity contribution in [2.75, 3.05) is 0 Å². The lowest BCUT2D eigenvalue weighted by atomic mass is 10.1. The molecular weight excluding hydrogens is 164 g/mol. The summed E-state index contributed by atoms with van der Waals surface area (Å²) in [4.78, 5) is 10.7. The standard InChI is InChI=1S/C11H14O2/c1-4-10-6-5-8(2)11(7-10)13-9(3)12/h5-7H,4H2,1-3H3. The molecule has 13 heavy (non-hydrogen) atoms. The number of rotatable bonds is 2. The van der Waals surface area contributed by atoms with Crippen LogP contribution in [0.5, 0.6) is 5.75 Å². The lowest BCUT2D eigenvalue weighted by molar-refractivity contribution is -0.131. The van der Waals surface area contributed by atoms with Gasteiger partial charge in [0.05, 0.1) is 0 Å². The van der Waals surface area contributed by atoms with Crippen molar-refractivity contribution in [2.45, 2.75) is 27.2 Å². The fourth-order valence-corrected chi connectivity index (χ4v) is 1.13. The molecule has 0 N–H and O–H groups in total. The zero-order valence-corrected chi connectivity index (χ0v) is 8.26. The Balaban J connectivity index is 2.96. The van der Waals surface area contributed by atoms with E-state index >= 15 is 0 Å². The Bertz CT molecular complexity index is 316. The number of aryl methyl sites for hydroxylation is 2. The van der Waals surface area contributed by atoms with Gasteiger partial charge in [-0.05, 0) is 30.5 Å². The molecule has 0 heterocycles. The molecule has 0 fully saturated rings. The van der Waals surface area contributed by atoms with Crippen LogP contribution in [-0.2, 0) is 11.2 Å². The first kappa shape index (κ1) is 9.78. The maximum atomic E-state index is 10.7. The fourth-order valence-electron chi connectivity index (χ4n) is 1.13. The molecule has 0 aromatic heterocycles. The maximum Gasteiger partial charge on any atom is 0.308 e. The summed E-state index contributed by atoms with van der Waals surface area (Å²) in [6.45, 7) is 5.41. The van der Waals surface area contributed by atoms with Gasteiger partial charge in [-0.15, -0.1) is 0 Å². The second-order valence-corrected chi connectivity index (χ2v) is 3.05. The van der Waals surface area contributed by atoms with Crippen molar-refractivity contribution in [3.63, 3.8) is 0 Å². The van der Waals surface area contributed by atoms with Crippen LogP contribution < -0.4 is 4.74 Å². The lowest BCUT2D eigenvalue weighted by Gasteiger charge is -2.06. The summed E-state index contributed by atoms with van der Waals surface area (Å²) in [5.41, 5.74) is 2.18. The summed E-state index contributed by atoms with van der Waals surface area (Å²) in [7, 11) is 0. The third-order valence-electron chi connectivity index (χ3n) is 1.91. The lowest BCUT2D eigenvalue weighted by Crippen LogP contribution is -2.03. The zero-order chi connectivity index (χ0) is 9.84. The number of hydrogen-bond acceptors (Lipinski definition) is 2. The van der Waals surface area contributed by atoms with Gasteiger partial charge in [-0.1, -0.05) is 19.1 Å². The van der Waals surface area contributed by atoms with E-state index in [4.69, 9.17) is 4.74 Å². The highest BCUT2D eigenvalue weighted by molar-refractivity contribution is 5.69. The van der Waals surface area contributed by atoms with E-state index in [1.165, 1.54) is 12.5 Å². The summed E-state index contributed by atoms with van der Waals surface area (Å²) in [5, 5.41) is 0. The summed E-state index contributed by atoms with van der Waals surface area (Å²) in [6.07, 6.45) is 0.953. The molecule has 0 atom stereocenters. The molecule has 0 amide bonds. The van der Waals surface area contributed by atoms with Gasteiger partial charge in [-0.25, -0.2) is 0 Å². The van der Waals surface area contributed by atoms with E-state index in [0.29, 0.717) is 5.75 Å². The van der Waals surface area contributed by atoms with E-state index in [9.17, 15) is 4.79 Å². The van der Waals surface area contributed by atoms with Crippen LogP contribution >= 0.6 is 0 Å². The van der Waals surface area contributed by atoms with Crippen molar-refractivity contribution in [3.8, 4) is 5.75 Å². The number of hydrogen-bond donors (Lipinski definition) is 0. The predicted octanol–water partition coefficient (Wildman–Crippen LogP) is 2.48. The van der Waals surface area contributed by atoms with Gasteiger partial charge in [0.15, 0.2) is 0 Å². The molecule has 0 bridgehead atoms. The number of carbonyl (C=O) groups is 1. The van der Waals surface area contributed by atoms with E-state index in [-0.39, 0.29) is 5.97 Å². The largest absolute Gasteiger partial charge is 0.426 e. The first-order valence-electron chi connectivity index (χ1n) is 4.41. The van der Waals surface area contributed by atoms with Crippen LogP contribution in [0.15, 0.2) is 18.2 Å². The van der Waals surface area contributed by atoms with Crippen LogP contribution in [0.1, 0.15) is 25.0 Å². The molecule has 0 radical (unpaired) electrons. The third kappa shape index (κ3) is 2.58. The molecule has 0 spiro atoms. The Morgan fingerprint density at radius 3 is 2.69 bits per heavy atom. The molecule has 0 aliphatic carbocycles. The number of carbonyl (C=O) groups excluding carboxylic acids is 1. The number of benzene rings is 1. The van der Waals surface area contributed by atoms with Gasteiger partial charge in [0.25, 0.3) is 0 Å². The summed E-state index contributed by atoms with van der Waals surface area (Å²) in [6, 6.07) is 5.93. The molecule has 0 saturated heterocycles. The van der Waals surface area contributed by atoms with E-state index in [1.807, 2.05) is 25.1 Å². The first-order chi connectivity index (χ1) is 6.13. The highest BCUT2D eigenvalue weighted by Crippen LogP contribution is 2.19. The number of esters is 1. The molecule has 2 nitrogen and oxygen atoms in total. The summed E-state index contributed by atoms with van der Waals surface area (Å²) >= 11 is 0. The first-order valence-corrected chi connectivity index (χ1v) is 4.41. The van der Waals surface area contributed by atoms with Gasteiger partial charge in [0.1, 0.15) is 5.75 Å². The molecule has 70 valence electrons. The average molecular weight is 178 g/mol. The van der Waals surface area contributed by atoms with Crippen LogP contribution in [0.3, 0.4) is 0 Å². The highest BCUT2D eigenvalue weighted by Gasteiger charge is 2.02. The Hall–Kier alpha value is -1.31. The van der Waals surface area contributed by atoms with Gasteiger partial charge in [-0.3, -0.25) is 4.79 Å².